The van der Waals surface area contributed by atoms with Crippen LogP contribution >= 0.6 is 0 Å². The van der Waals surface area contributed by atoms with Crippen LogP contribution in [0.4, 0.5) is 0 Å². The molecule has 4 rings (SSSR count). The molecule has 2 aromatic heterocycles. The van der Waals surface area contributed by atoms with Crippen molar-refractivity contribution in [3.05, 3.63) is 54.1 Å². The second-order valence-corrected chi connectivity index (χ2v) is 6.07. The molecule has 1 aliphatic heterocycles. The quantitative estimate of drug-likeness (QED) is 0.731. The second kappa shape index (κ2) is 5.59. The van der Waals surface area contributed by atoms with E-state index in [0.29, 0.717) is 24.6 Å². The van der Waals surface area contributed by atoms with Crippen molar-refractivity contribution in [3.63, 3.8) is 0 Å². The molecule has 1 aliphatic rings. The fraction of sp³-hybridized carbons (Fsp3) is 0.294. The lowest BCUT2D eigenvalue weighted by molar-refractivity contribution is -0.135. The van der Waals surface area contributed by atoms with Gasteiger partial charge in [0.15, 0.2) is 11.6 Å². The van der Waals surface area contributed by atoms with Crippen LogP contribution in [0.25, 0.3) is 11.6 Å². The zero-order valence-electron chi connectivity index (χ0n) is 13.6. The normalized spacial score (nSPS) is 17.2. The van der Waals surface area contributed by atoms with E-state index in [1.165, 1.54) is 0 Å². The third kappa shape index (κ3) is 2.29. The maximum atomic E-state index is 12.8. The summed E-state index contributed by atoms with van der Waals surface area (Å²) in [6.45, 7) is 0.460. The Morgan fingerprint density at radius 3 is 2.62 bits per heavy atom. The number of nitrogens with zero attached hydrogens (tertiary/aromatic N) is 6. The predicted molar refractivity (Wildman–Crippen MR) is 87.9 cm³/mol. The summed E-state index contributed by atoms with van der Waals surface area (Å²) in [6.07, 6.45) is 4.19. The van der Waals surface area contributed by atoms with Gasteiger partial charge in [-0.15, -0.1) is 10.2 Å². The summed E-state index contributed by atoms with van der Waals surface area (Å²) in [5.41, 5.74) is 1.11. The Labute approximate surface area is 139 Å². The number of hydrogen-bond donors (Lipinski definition) is 0. The van der Waals surface area contributed by atoms with E-state index in [1.807, 2.05) is 52.7 Å². The zero-order valence-corrected chi connectivity index (χ0v) is 13.6. The fourth-order valence-corrected chi connectivity index (χ4v) is 3.16. The van der Waals surface area contributed by atoms with Gasteiger partial charge in [0.05, 0.1) is 6.54 Å². The van der Waals surface area contributed by atoms with Crippen LogP contribution in [0.5, 0.6) is 0 Å². The largest absolute Gasteiger partial charge is 0.336 e. The standard InChI is InChI=1S/C17H18N6O/c1-21-9-8-18-15(21)16-20-19-14-11-22(2)17(24)13(23(14)16)10-12-6-4-3-5-7-12/h3-9,13H,10-11H2,1-2H3/t13-/m0/s1. The van der Waals surface area contributed by atoms with Crippen molar-refractivity contribution in [1.29, 1.82) is 0 Å². The predicted octanol–water partition coefficient (Wildman–Crippen LogP) is 1.43. The van der Waals surface area contributed by atoms with E-state index in [4.69, 9.17) is 0 Å². The molecule has 122 valence electrons. The van der Waals surface area contributed by atoms with Crippen LogP contribution in [-0.2, 0) is 24.8 Å². The molecule has 0 spiro atoms. The first kappa shape index (κ1) is 14.6. The van der Waals surface area contributed by atoms with E-state index in [9.17, 15) is 4.79 Å². The number of carbonyl (C=O) groups is 1. The number of imidazole rings is 1. The van der Waals surface area contributed by atoms with Gasteiger partial charge in [-0.05, 0) is 5.56 Å². The van der Waals surface area contributed by atoms with Gasteiger partial charge < -0.3 is 9.47 Å². The van der Waals surface area contributed by atoms with E-state index >= 15 is 0 Å². The number of likely N-dealkylation sites (N-methyl/N-ethyl adjacent to an activating group) is 1. The van der Waals surface area contributed by atoms with Crippen LogP contribution in [0.2, 0.25) is 0 Å². The Morgan fingerprint density at radius 1 is 1.12 bits per heavy atom. The average Bonchev–Trinajstić information content (AvgIpc) is 3.18. The summed E-state index contributed by atoms with van der Waals surface area (Å²) < 4.78 is 3.83. The second-order valence-electron chi connectivity index (χ2n) is 6.07. The molecule has 1 aromatic carbocycles. The topological polar surface area (TPSA) is 68.8 Å². The third-order valence-corrected chi connectivity index (χ3v) is 4.41. The molecule has 7 heteroatoms. The van der Waals surface area contributed by atoms with Crippen molar-refractivity contribution < 1.29 is 4.79 Å². The molecule has 7 nitrogen and oxygen atoms in total. The van der Waals surface area contributed by atoms with E-state index in [-0.39, 0.29) is 11.9 Å². The molecular weight excluding hydrogens is 304 g/mol. The Balaban J connectivity index is 1.82. The van der Waals surface area contributed by atoms with Crippen molar-refractivity contribution in [2.45, 2.75) is 19.0 Å². The first-order valence-corrected chi connectivity index (χ1v) is 7.85. The van der Waals surface area contributed by atoms with Crippen molar-refractivity contribution in [2.24, 2.45) is 7.05 Å². The first-order valence-electron chi connectivity index (χ1n) is 7.85. The highest BCUT2D eigenvalue weighted by molar-refractivity contribution is 5.82. The lowest BCUT2D eigenvalue weighted by atomic mass is 10.0. The Hall–Kier alpha value is -2.96. The van der Waals surface area contributed by atoms with Crippen molar-refractivity contribution in [3.8, 4) is 11.6 Å². The Bertz CT molecular complexity index is 882. The third-order valence-electron chi connectivity index (χ3n) is 4.41. The molecule has 0 fully saturated rings. The number of fused-ring (bicyclic) bond motifs is 1. The van der Waals surface area contributed by atoms with Crippen LogP contribution in [0.3, 0.4) is 0 Å². The molecule has 3 aromatic rings. The van der Waals surface area contributed by atoms with Gasteiger partial charge in [0.2, 0.25) is 11.7 Å². The minimum absolute atomic E-state index is 0.0709. The highest BCUT2D eigenvalue weighted by atomic mass is 16.2. The van der Waals surface area contributed by atoms with Crippen LogP contribution in [-0.4, -0.2) is 42.2 Å². The summed E-state index contributed by atoms with van der Waals surface area (Å²) in [7, 11) is 3.71. The number of hydrogen-bond acceptors (Lipinski definition) is 4. The van der Waals surface area contributed by atoms with Crippen LogP contribution in [0.1, 0.15) is 17.4 Å². The smallest absolute Gasteiger partial charge is 0.246 e. The maximum Gasteiger partial charge on any atom is 0.246 e. The summed E-state index contributed by atoms with van der Waals surface area (Å²) in [6, 6.07) is 9.65. The minimum atomic E-state index is -0.358. The molecule has 0 bridgehead atoms. The average molecular weight is 322 g/mol. The molecular formula is C17H18N6O. The van der Waals surface area contributed by atoms with Crippen molar-refractivity contribution in [1.82, 2.24) is 29.2 Å². The van der Waals surface area contributed by atoms with Crippen LogP contribution in [0, 0.1) is 0 Å². The minimum Gasteiger partial charge on any atom is -0.336 e. The molecule has 0 radical (unpaired) electrons. The lowest BCUT2D eigenvalue weighted by Gasteiger charge is -2.31. The van der Waals surface area contributed by atoms with Crippen LogP contribution < -0.4 is 0 Å². The van der Waals surface area contributed by atoms with Crippen LogP contribution in [0.15, 0.2) is 42.7 Å². The van der Waals surface area contributed by atoms with Gasteiger partial charge in [-0.3, -0.25) is 9.36 Å². The Morgan fingerprint density at radius 2 is 1.92 bits per heavy atom. The monoisotopic (exact) mass is 322 g/mol. The maximum absolute atomic E-state index is 12.8. The molecule has 0 N–H and O–H groups in total. The number of carbonyl (C=O) groups excluding carboxylic acids is 1. The molecule has 0 unspecified atom stereocenters. The molecule has 1 amide bonds. The molecule has 3 heterocycles. The van der Waals surface area contributed by atoms with Gasteiger partial charge in [-0.2, -0.15) is 0 Å². The zero-order chi connectivity index (χ0) is 16.7. The number of aromatic nitrogens is 5. The van der Waals surface area contributed by atoms with E-state index < -0.39 is 0 Å². The van der Waals surface area contributed by atoms with Gasteiger partial charge in [0.25, 0.3) is 0 Å². The van der Waals surface area contributed by atoms with E-state index in [1.54, 1.807) is 18.1 Å². The van der Waals surface area contributed by atoms with Gasteiger partial charge in [-0.1, -0.05) is 30.3 Å². The molecule has 0 saturated carbocycles. The van der Waals surface area contributed by atoms with Gasteiger partial charge in [-0.25, -0.2) is 4.98 Å². The Kier molecular flexibility index (Phi) is 3.41. The summed E-state index contributed by atoms with van der Waals surface area (Å²) >= 11 is 0. The molecule has 1 atom stereocenters. The highest BCUT2D eigenvalue weighted by Gasteiger charge is 2.35. The summed E-state index contributed by atoms with van der Waals surface area (Å²) in [4.78, 5) is 18.9. The number of benzene rings is 1. The lowest BCUT2D eigenvalue weighted by Crippen LogP contribution is -2.41. The van der Waals surface area contributed by atoms with Gasteiger partial charge in [0, 0.05) is 32.9 Å². The number of aryl methyl sites for hydroxylation is 1. The van der Waals surface area contributed by atoms with E-state index in [2.05, 4.69) is 15.2 Å². The van der Waals surface area contributed by atoms with Crippen molar-refractivity contribution >= 4 is 5.91 Å². The molecule has 0 saturated heterocycles. The molecule has 0 aliphatic carbocycles. The number of rotatable bonds is 3. The van der Waals surface area contributed by atoms with Crippen molar-refractivity contribution in [2.75, 3.05) is 7.05 Å². The SMILES string of the molecule is CN1Cc2nnc(-c3nccn3C)n2[C@@H](Cc2ccccc2)C1=O. The first-order chi connectivity index (χ1) is 11.6. The summed E-state index contributed by atoms with van der Waals surface area (Å²) in [5.74, 6) is 2.21. The number of amides is 1. The fourth-order valence-electron chi connectivity index (χ4n) is 3.16. The molecule has 24 heavy (non-hydrogen) atoms. The summed E-state index contributed by atoms with van der Waals surface area (Å²) in [5, 5.41) is 8.61. The van der Waals surface area contributed by atoms with Gasteiger partial charge in [0.1, 0.15) is 6.04 Å². The highest BCUT2D eigenvalue weighted by Crippen LogP contribution is 2.29. The van der Waals surface area contributed by atoms with Gasteiger partial charge >= 0.3 is 0 Å². The van der Waals surface area contributed by atoms with E-state index in [0.717, 1.165) is 11.4 Å².